The molecular formula is C8H10ClN3. The molecule has 4 heteroatoms. The molecule has 0 saturated heterocycles. The smallest absolute Gasteiger partial charge is 0.161 e. The summed E-state index contributed by atoms with van der Waals surface area (Å²) in [4.78, 5) is 3.94. The van der Waals surface area contributed by atoms with Crippen LogP contribution in [0.25, 0.3) is 0 Å². The third-order valence-electron chi connectivity index (χ3n) is 1.63. The van der Waals surface area contributed by atoms with E-state index in [4.69, 9.17) is 16.9 Å². The van der Waals surface area contributed by atoms with Crippen molar-refractivity contribution in [1.82, 2.24) is 9.55 Å². The van der Waals surface area contributed by atoms with Crippen LogP contribution in [0.2, 0.25) is 0 Å². The van der Waals surface area contributed by atoms with Crippen LogP contribution in [-0.2, 0) is 0 Å². The number of alkyl halides is 1. The number of nitrogens with zero attached hydrogens (tertiary/aromatic N) is 3. The molecule has 0 aliphatic rings. The van der Waals surface area contributed by atoms with Crippen LogP contribution < -0.4 is 0 Å². The first-order chi connectivity index (χ1) is 5.66. The van der Waals surface area contributed by atoms with E-state index in [1.54, 1.807) is 12.5 Å². The molecular weight excluding hydrogens is 174 g/mol. The Morgan fingerprint density at radius 2 is 2.33 bits per heavy atom. The average molecular weight is 184 g/mol. The van der Waals surface area contributed by atoms with Crippen molar-refractivity contribution < 1.29 is 0 Å². The summed E-state index contributed by atoms with van der Waals surface area (Å²) in [5.41, 5.74) is 0.758. The van der Waals surface area contributed by atoms with Gasteiger partial charge >= 0.3 is 0 Å². The van der Waals surface area contributed by atoms with Crippen LogP contribution in [0.5, 0.6) is 0 Å². The zero-order chi connectivity index (χ0) is 9.14. The van der Waals surface area contributed by atoms with Crippen LogP contribution in [0.4, 0.5) is 0 Å². The van der Waals surface area contributed by atoms with Crippen molar-refractivity contribution in [3.8, 4) is 6.07 Å². The summed E-state index contributed by atoms with van der Waals surface area (Å²) < 4.78 is 1.89. The highest BCUT2D eigenvalue weighted by Gasteiger charge is 2.13. The van der Waals surface area contributed by atoms with Crippen LogP contribution in [0.3, 0.4) is 0 Å². The number of aromatic nitrogens is 2. The van der Waals surface area contributed by atoms with Gasteiger partial charge in [-0.1, -0.05) is 11.6 Å². The van der Waals surface area contributed by atoms with Crippen molar-refractivity contribution in [2.45, 2.75) is 25.3 Å². The summed E-state index contributed by atoms with van der Waals surface area (Å²) in [6, 6.07) is 2.26. The molecule has 0 saturated carbocycles. The molecule has 1 unspecified atom stereocenters. The topological polar surface area (TPSA) is 41.6 Å². The molecule has 64 valence electrons. The summed E-state index contributed by atoms with van der Waals surface area (Å²) in [7, 11) is 0. The van der Waals surface area contributed by atoms with Crippen LogP contribution >= 0.6 is 11.6 Å². The third-order valence-corrected chi connectivity index (χ3v) is 1.95. The molecule has 1 atom stereocenters. The van der Waals surface area contributed by atoms with Gasteiger partial charge in [0.1, 0.15) is 0 Å². The van der Waals surface area contributed by atoms with E-state index < -0.39 is 5.38 Å². The summed E-state index contributed by atoms with van der Waals surface area (Å²) >= 11 is 5.76. The minimum atomic E-state index is -0.602. The first-order valence-electron chi connectivity index (χ1n) is 3.72. The lowest BCUT2D eigenvalue weighted by atomic mass is 10.3. The molecule has 0 fully saturated rings. The van der Waals surface area contributed by atoms with Gasteiger partial charge in [-0.05, 0) is 13.8 Å². The maximum atomic E-state index is 8.59. The number of nitriles is 1. The normalized spacial score (nSPS) is 12.9. The van der Waals surface area contributed by atoms with E-state index in [9.17, 15) is 0 Å². The highest BCUT2D eigenvalue weighted by atomic mass is 35.5. The number of rotatable bonds is 2. The molecule has 0 aliphatic heterocycles. The van der Waals surface area contributed by atoms with Gasteiger partial charge in [-0.2, -0.15) is 5.26 Å². The second kappa shape index (κ2) is 3.59. The Balaban J connectivity index is 3.01. The average Bonchev–Trinajstić information content (AvgIpc) is 2.50. The van der Waals surface area contributed by atoms with E-state index in [0.29, 0.717) is 0 Å². The summed E-state index contributed by atoms with van der Waals surface area (Å²) in [6.07, 6.45) is 3.31. The molecule has 12 heavy (non-hydrogen) atoms. The van der Waals surface area contributed by atoms with Gasteiger partial charge in [-0.15, -0.1) is 0 Å². The molecule has 0 radical (unpaired) electrons. The Hall–Kier alpha value is -1.01. The minimum Gasteiger partial charge on any atom is -0.330 e. The first-order valence-corrected chi connectivity index (χ1v) is 4.16. The van der Waals surface area contributed by atoms with Gasteiger partial charge in [0.05, 0.1) is 24.3 Å². The summed E-state index contributed by atoms with van der Waals surface area (Å²) in [5, 5.41) is 7.99. The Morgan fingerprint density at radius 1 is 1.67 bits per heavy atom. The maximum absolute atomic E-state index is 8.59. The first kappa shape index (κ1) is 9.08. The van der Waals surface area contributed by atoms with Crippen LogP contribution in [-0.4, -0.2) is 9.55 Å². The van der Waals surface area contributed by atoms with Gasteiger partial charge in [0.2, 0.25) is 0 Å². The molecule has 1 aromatic rings. The van der Waals surface area contributed by atoms with Crippen molar-refractivity contribution in [3.05, 3.63) is 18.2 Å². The van der Waals surface area contributed by atoms with E-state index in [2.05, 4.69) is 4.98 Å². The van der Waals surface area contributed by atoms with E-state index in [1.807, 2.05) is 24.5 Å². The van der Waals surface area contributed by atoms with E-state index in [0.717, 1.165) is 5.69 Å². The fourth-order valence-corrected chi connectivity index (χ4v) is 1.18. The Bertz CT molecular complexity index is 297. The molecule has 0 spiro atoms. The lowest BCUT2D eigenvalue weighted by molar-refractivity contribution is 0.579. The molecule has 1 rings (SSSR count). The minimum absolute atomic E-state index is 0.289. The van der Waals surface area contributed by atoms with Gasteiger partial charge in [0.15, 0.2) is 5.38 Å². The Labute approximate surface area is 76.6 Å². The van der Waals surface area contributed by atoms with Gasteiger partial charge in [0.25, 0.3) is 0 Å². The quantitative estimate of drug-likeness (QED) is 0.660. The highest BCUT2D eigenvalue weighted by Crippen LogP contribution is 2.21. The van der Waals surface area contributed by atoms with Gasteiger partial charge < -0.3 is 4.57 Å². The van der Waals surface area contributed by atoms with Gasteiger partial charge in [-0.3, -0.25) is 0 Å². The summed E-state index contributed by atoms with van der Waals surface area (Å²) in [5.74, 6) is 0. The molecule has 0 N–H and O–H groups in total. The molecule has 0 bridgehead atoms. The predicted molar refractivity (Wildman–Crippen MR) is 46.8 cm³/mol. The van der Waals surface area contributed by atoms with Crippen molar-refractivity contribution in [3.63, 3.8) is 0 Å². The molecule has 0 aliphatic carbocycles. The van der Waals surface area contributed by atoms with E-state index >= 15 is 0 Å². The van der Waals surface area contributed by atoms with Gasteiger partial charge in [-0.25, -0.2) is 4.98 Å². The molecule has 1 heterocycles. The number of imidazole rings is 1. The number of hydrogen-bond donors (Lipinski definition) is 0. The molecule has 0 aromatic carbocycles. The second-order valence-electron chi connectivity index (χ2n) is 2.81. The summed E-state index contributed by atoms with van der Waals surface area (Å²) in [6.45, 7) is 4.04. The molecule has 3 nitrogen and oxygen atoms in total. The predicted octanol–water partition coefficient (Wildman–Crippen LogP) is 2.27. The molecule has 0 amide bonds. The fourth-order valence-electron chi connectivity index (χ4n) is 1.01. The van der Waals surface area contributed by atoms with Crippen LogP contribution in [0.1, 0.15) is 31.0 Å². The molecule has 1 aromatic heterocycles. The van der Waals surface area contributed by atoms with Gasteiger partial charge in [0, 0.05) is 6.04 Å². The zero-order valence-electron chi connectivity index (χ0n) is 7.03. The fraction of sp³-hybridized carbons (Fsp3) is 0.500. The third kappa shape index (κ3) is 1.59. The van der Waals surface area contributed by atoms with E-state index in [-0.39, 0.29) is 6.04 Å². The Morgan fingerprint density at radius 3 is 2.83 bits per heavy atom. The maximum Gasteiger partial charge on any atom is 0.161 e. The lowest BCUT2D eigenvalue weighted by Gasteiger charge is -2.11. The highest BCUT2D eigenvalue weighted by molar-refractivity contribution is 6.22. The van der Waals surface area contributed by atoms with Crippen molar-refractivity contribution in [1.29, 1.82) is 5.26 Å². The largest absolute Gasteiger partial charge is 0.330 e. The van der Waals surface area contributed by atoms with Crippen molar-refractivity contribution >= 4 is 11.6 Å². The van der Waals surface area contributed by atoms with Crippen LogP contribution in [0, 0.1) is 11.3 Å². The number of hydrogen-bond acceptors (Lipinski definition) is 2. The van der Waals surface area contributed by atoms with Crippen LogP contribution in [0.15, 0.2) is 12.5 Å². The standard InChI is InChI=1S/C8H10ClN3/c1-6(2)12-5-11-4-8(12)7(9)3-10/h4-7H,1-2H3. The van der Waals surface area contributed by atoms with Crippen molar-refractivity contribution in [2.75, 3.05) is 0 Å². The Kier molecular flexibility index (Phi) is 2.72. The van der Waals surface area contributed by atoms with Crippen molar-refractivity contribution in [2.24, 2.45) is 0 Å². The van der Waals surface area contributed by atoms with E-state index in [1.165, 1.54) is 0 Å². The zero-order valence-corrected chi connectivity index (χ0v) is 7.78. The number of halogens is 1. The second-order valence-corrected chi connectivity index (χ2v) is 3.25. The lowest BCUT2D eigenvalue weighted by Crippen LogP contribution is -2.04. The SMILES string of the molecule is CC(C)n1cncc1C(Cl)C#N. The monoisotopic (exact) mass is 183 g/mol.